The van der Waals surface area contributed by atoms with Crippen molar-refractivity contribution in [2.24, 2.45) is 10.2 Å². The van der Waals surface area contributed by atoms with E-state index in [9.17, 15) is 13.2 Å². The van der Waals surface area contributed by atoms with Crippen molar-refractivity contribution in [3.63, 3.8) is 0 Å². The smallest absolute Gasteiger partial charge is 0.416 e. The molecule has 1 N–H and O–H groups in total. The van der Waals surface area contributed by atoms with Gasteiger partial charge in [0.15, 0.2) is 0 Å². The lowest BCUT2D eigenvalue weighted by atomic mass is 10.2. The first-order valence-electron chi connectivity index (χ1n) is 5.33. The van der Waals surface area contributed by atoms with E-state index in [-0.39, 0.29) is 5.75 Å². The van der Waals surface area contributed by atoms with Crippen LogP contribution >= 0.6 is 0 Å². The molecule has 0 aromatic heterocycles. The Balaban J connectivity index is 2.13. The summed E-state index contributed by atoms with van der Waals surface area (Å²) in [6, 6.07) is 10.4. The second-order valence-electron chi connectivity index (χ2n) is 3.76. The molecule has 0 unspecified atom stereocenters. The Morgan fingerprint density at radius 1 is 0.737 bits per heavy atom. The third kappa shape index (κ3) is 3.54. The average molecular weight is 266 g/mol. The number of phenols is 1. The van der Waals surface area contributed by atoms with Crippen molar-refractivity contribution < 1.29 is 18.3 Å². The van der Waals surface area contributed by atoms with Gasteiger partial charge < -0.3 is 5.11 Å². The van der Waals surface area contributed by atoms with E-state index in [4.69, 9.17) is 5.11 Å². The molecule has 0 fully saturated rings. The van der Waals surface area contributed by atoms with Gasteiger partial charge in [-0.3, -0.25) is 0 Å². The maximum Gasteiger partial charge on any atom is 0.416 e. The van der Waals surface area contributed by atoms with E-state index in [1.165, 1.54) is 24.3 Å². The van der Waals surface area contributed by atoms with E-state index in [2.05, 4.69) is 10.2 Å². The van der Waals surface area contributed by atoms with Crippen LogP contribution in [-0.2, 0) is 6.18 Å². The highest BCUT2D eigenvalue weighted by atomic mass is 19.4. The van der Waals surface area contributed by atoms with Crippen LogP contribution in [0.25, 0.3) is 0 Å². The molecule has 0 radical (unpaired) electrons. The van der Waals surface area contributed by atoms with Crippen LogP contribution in [0.15, 0.2) is 58.8 Å². The van der Waals surface area contributed by atoms with E-state index < -0.39 is 11.7 Å². The van der Waals surface area contributed by atoms with Crippen molar-refractivity contribution >= 4 is 11.4 Å². The van der Waals surface area contributed by atoms with Gasteiger partial charge in [0.2, 0.25) is 0 Å². The van der Waals surface area contributed by atoms with Gasteiger partial charge in [-0.25, -0.2) is 0 Å². The third-order valence-electron chi connectivity index (χ3n) is 2.33. The number of aromatic hydroxyl groups is 1. The summed E-state index contributed by atoms with van der Waals surface area (Å²) in [7, 11) is 0. The van der Waals surface area contributed by atoms with E-state index in [0.717, 1.165) is 12.1 Å². The highest BCUT2D eigenvalue weighted by Crippen LogP contribution is 2.30. The second kappa shape index (κ2) is 5.09. The molecule has 98 valence electrons. The topological polar surface area (TPSA) is 45.0 Å². The molecule has 2 aromatic carbocycles. The SMILES string of the molecule is Oc1ccc(N=Nc2ccc(C(F)(F)F)cc2)cc1. The lowest BCUT2D eigenvalue weighted by Gasteiger charge is -2.05. The molecule has 0 aliphatic carbocycles. The molecular weight excluding hydrogens is 257 g/mol. The van der Waals surface area contributed by atoms with Crippen molar-refractivity contribution in [3.8, 4) is 5.75 Å². The molecule has 3 nitrogen and oxygen atoms in total. The maximum absolute atomic E-state index is 12.3. The Bertz CT molecular complexity index is 574. The zero-order chi connectivity index (χ0) is 13.9. The minimum absolute atomic E-state index is 0.105. The predicted octanol–water partition coefficient (Wildman–Crippen LogP) is 4.83. The Morgan fingerprint density at radius 3 is 1.58 bits per heavy atom. The lowest BCUT2D eigenvalue weighted by Crippen LogP contribution is -2.03. The predicted molar refractivity (Wildman–Crippen MR) is 63.7 cm³/mol. The van der Waals surface area contributed by atoms with E-state index in [1.54, 1.807) is 12.1 Å². The fourth-order valence-corrected chi connectivity index (χ4v) is 1.35. The van der Waals surface area contributed by atoms with E-state index in [1.807, 2.05) is 0 Å². The van der Waals surface area contributed by atoms with Gasteiger partial charge in [0.05, 0.1) is 16.9 Å². The van der Waals surface area contributed by atoms with Crippen LogP contribution in [0.4, 0.5) is 24.5 Å². The van der Waals surface area contributed by atoms with E-state index >= 15 is 0 Å². The number of hydrogen-bond donors (Lipinski definition) is 1. The molecule has 0 aliphatic heterocycles. The molecule has 2 aromatic rings. The summed E-state index contributed by atoms with van der Waals surface area (Å²) < 4.78 is 37.0. The molecule has 0 saturated carbocycles. The second-order valence-corrected chi connectivity index (χ2v) is 3.76. The summed E-state index contributed by atoms with van der Waals surface area (Å²) in [5.41, 5.74) is 0.0925. The first kappa shape index (κ1) is 13.1. The molecule has 0 aliphatic rings. The standard InChI is InChI=1S/C13H9F3N2O/c14-13(15,16)9-1-3-10(4-2-9)17-18-11-5-7-12(19)8-6-11/h1-8,19H. The molecule has 2 rings (SSSR count). The zero-order valence-electron chi connectivity index (χ0n) is 9.59. The van der Waals surface area contributed by atoms with Gasteiger partial charge >= 0.3 is 6.18 Å². The van der Waals surface area contributed by atoms with Crippen LogP contribution in [0.1, 0.15) is 5.56 Å². The van der Waals surface area contributed by atoms with Crippen LogP contribution in [0.5, 0.6) is 5.75 Å². The highest BCUT2D eigenvalue weighted by Gasteiger charge is 2.29. The Morgan fingerprint density at radius 2 is 1.16 bits per heavy atom. The van der Waals surface area contributed by atoms with Gasteiger partial charge in [0.25, 0.3) is 0 Å². The van der Waals surface area contributed by atoms with Gasteiger partial charge in [-0.15, -0.1) is 0 Å². The largest absolute Gasteiger partial charge is 0.508 e. The van der Waals surface area contributed by atoms with Crippen LogP contribution < -0.4 is 0 Å². The van der Waals surface area contributed by atoms with Crippen LogP contribution in [0.3, 0.4) is 0 Å². The number of azo groups is 1. The minimum atomic E-state index is -4.35. The van der Waals surface area contributed by atoms with Crippen molar-refractivity contribution in [1.29, 1.82) is 0 Å². The van der Waals surface area contributed by atoms with Gasteiger partial charge in [-0.2, -0.15) is 23.4 Å². The summed E-state index contributed by atoms with van der Waals surface area (Å²) in [6.07, 6.45) is -4.35. The maximum atomic E-state index is 12.3. The third-order valence-corrected chi connectivity index (χ3v) is 2.33. The first-order valence-corrected chi connectivity index (χ1v) is 5.33. The zero-order valence-corrected chi connectivity index (χ0v) is 9.59. The number of phenolic OH excluding ortho intramolecular Hbond substituents is 1. The summed E-state index contributed by atoms with van der Waals surface area (Å²) in [5, 5.41) is 16.7. The summed E-state index contributed by atoms with van der Waals surface area (Å²) in [5.74, 6) is 0.105. The average Bonchev–Trinajstić information content (AvgIpc) is 2.37. The Kier molecular flexibility index (Phi) is 3.50. The number of rotatable bonds is 2. The fourth-order valence-electron chi connectivity index (χ4n) is 1.35. The van der Waals surface area contributed by atoms with Gasteiger partial charge in [0, 0.05) is 0 Å². The molecule has 0 heterocycles. The number of hydrogen-bond acceptors (Lipinski definition) is 3. The van der Waals surface area contributed by atoms with Gasteiger partial charge in [-0.1, -0.05) is 0 Å². The molecule has 6 heteroatoms. The van der Waals surface area contributed by atoms with Crippen LogP contribution in [0, 0.1) is 0 Å². The van der Waals surface area contributed by atoms with Crippen LogP contribution in [-0.4, -0.2) is 5.11 Å². The molecular formula is C13H9F3N2O. The van der Waals surface area contributed by atoms with Gasteiger partial charge in [0.1, 0.15) is 5.75 Å². The number of nitrogens with zero attached hydrogens (tertiary/aromatic N) is 2. The minimum Gasteiger partial charge on any atom is -0.508 e. The normalized spacial score (nSPS) is 11.9. The first-order chi connectivity index (χ1) is 8.95. The molecule has 19 heavy (non-hydrogen) atoms. The quantitative estimate of drug-likeness (QED) is 0.777. The summed E-state index contributed by atoms with van der Waals surface area (Å²) >= 11 is 0. The lowest BCUT2D eigenvalue weighted by molar-refractivity contribution is -0.137. The van der Waals surface area contributed by atoms with Crippen molar-refractivity contribution in [2.45, 2.75) is 6.18 Å². The molecule has 0 bridgehead atoms. The van der Waals surface area contributed by atoms with Crippen LogP contribution in [0.2, 0.25) is 0 Å². The van der Waals surface area contributed by atoms with Crippen molar-refractivity contribution in [1.82, 2.24) is 0 Å². The fraction of sp³-hybridized carbons (Fsp3) is 0.0769. The molecule has 0 saturated heterocycles. The number of alkyl halides is 3. The van der Waals surface area contributed by atoms with Crippen molar-refractivity contribution in [3.05, 3.63) is 54.1 Å². The van der Waals surface area contributed by atoms with E-state index in [0.29, 0.717) is 11.4 Å². The number of halogens is 3. The molecule has 0 atom stereocenters. The molecule has 0 spiro atoms. The Hall–Kier alpha value is -2.37. The molecule has 0 amide bonds. The monoisotopic (exact) mass is 266 g/mol. The summed E-state index contributed by atoms with van der Waals surface area (Å²) in [4.78, 5) is 0. The highest BCUT2D eigenvalue weighted by molar-refractivity contribution is 5.43. The van der Waals surface area contributed by atoms with Crippen molar-refractivity contribution in [2.75, 3.05) is 0 Å². The van der Waals surface area contributed by atoms with Gasteiger partial charge in [-0.05, 0) is 48.5 Å². The Labute approximate surface area is 107 Å². The number of benzene rings is 2. The summed E-state index contributed by atoms with van der Waals surface area (Å²) in [6.45, 7) is 0.